The van der Waals surface area contributed by atoms with Crippen LogP contribution in [0.1, 0.15) is 25.3 Å². The van der Waals surface area contributed by atoms with Crippen molar-refractivity contribution in [2.75, 3.05) is 19.7 Å². The molecule has 1 saturated heterocycles. The minimum absolute atomic E-state index is 0.256. The van der Waals surface area contributed by atoms with Crippen LogP contribution in [0.2, 0.25) is 0 Å². The lowest BCUT2D eigenvalue weighted by molar-refractivity contribution is 0.118. The summed E-state index contributed by atoms with van der Waals surface area (Å²) in [5.74, 6) is 0. The third-order valence-corrected chi connectivity index (χ3v) is 3.73. The molecule has 2 N–H and O–H groups in total. The number of nitrogens with zero attached hydrogens (tertiary/aromatic N) is 2. The molecule has 100 valence electrons. The average Bonchev–Trinajstić information content (AvgIpc) is 2.56. The van der Waals surface area contributed by atoms with Crippen LogP contribution in [0.25, 0.3) is 0 Å². The monoisotopic (exact) mass is 249 g/mol. The van der Waals surface area contributed by atoms with Gasteiger partial charge in [-0.05, 0) is 44.0 Å². The van der Waals surface area contributed by atoms with Gasteiger partial charge in [0.2, 0.25) is 0 Å². The lowest BCUT2D eigenvalue weighted by Crippen LogP contribution is -2.43. The van der Waals surface area contributed by atoms with Crippen LogP contribution in [0.15, 0.2) is 24.5 Å². The van der Waals surface area contributed by atoms with Crippen LogP contribution in [0, 0.1) is 0 Å². The Morgan fingerprint density at radius 1 is 1.44 bits per heavy atom. The summed E-state index contributed by atoms with van der Waals surface area (Å²) in [4.78, 5) is 6.57. The second-order valence-corrected chi connectivity index (χ2v) is 5.04. The van der Waals surface area contributed by atoms with Crippen LogP contribution in [0.5, 0.6) is 0 Å². The number of aliphatic hydroxyl groups is 1. The second kappa shape index (κ2) is 6.83. The number of hydrogen-bond acceptors (Lipinski definition) is 4. The third kappa shape index (κ3) is 3.51. The van der Waals surface area contributed by atoms with Gasteiger partial charge in [-0.15, -0.1) is 0 Å². The number of aliphatic hydroxyl groups excluding tert-OH is 1. The molecule has 1 aliphatic heterocycles. The Kier molecular flexibility index (Phi) is 5.11. The fourth-order valence-electron chi connectivity index (χ4n) is 2.62. The van der Waals surface area contributed by atoms with Crippen molar-refractivity contribution in [2.24, 2.45) is 0 Å². The van der Waals surface area contributed by atoms with Crippen molar-refractivity contribution in [3.63, 3.8) is 0 Å². The Labute approximate surface area is 109 Å². The maximum absolute atomic E-state index is 9.22. The van der Waals surface area contributed by atoms with Crippen molar-refractivity contribution in [3.05, 3.63) is 30.1 Å². The van der Waals surface area contributed by atoms with Crippen LogP contribution in [0.4, 0.5) is 0 Å². The SMILES string of the molecule is CC1CCNCC(CCO)N1Cc1ccncc1. The van der Waals surface area contributed by atoms with E-state index in [-0.39, 0.29) is 6.61 Å². The highest BCUT2D eigenvalue weighted by Crippen LogP contribution is 2.17. The van der Waals surface area contributed by atoms with E-state index in [1.54, 1.807) is 0 Å². The van der Waals surface area contributed by atoms with E-state index < -0.39 is 0 Å². The van der Waals surface area contributed by atoms with Gasteiger partial charge in [-0.3, -0.25) is 9.88 Å². The Morgan fingerprint density at radius 3 is 2.94 bits per heavy atom. The Balaban J connectivity index is 2.08. The zero-order valence-electron chi connectivity index (χ0n) is 11.0. The molecular weight excluding hydrogens is 226 g/mol. The van der Waals surface area contributed by atoms with E-state index in [9.17, 15) is 5.11 Å². The predicted octanol–water partition coefficient (Wildman–Crippen LogP) is 1.02. The molecule has 18 heavy (non-hydrogen) atoms. The summed E-state index contributed by atoms with van der Waals surface area (Å²) >= 11 is 0. The fraction of sp³-hybridized carbons (Fsp3) is 0.643. The van der Waals surface area contributed by atoms with Crippen LogP contribution < -0.4 is 5.32 Å². The fourth-order valence-corrected chi connectivity index (χ4v) is 2.62. The van der Waals surface area contributed by atoms with Gasteiger partial charge in [0.25, 0.3) is 0 Å². The van der Waals surface area contributed by atoms with Crippen LogP contribution >= 0.6 is 0 Å². The van der Waals surface area contributed by atoms with Crippen LogP contribution in [-0.4, -0.2) is 46.8 Å². The maximum atomic E-state index is 9.22. The van der Waals surface area contributed by atoms with Crippen molar-refractivity contribution in [2.45, 2.75) is 38.4 Å². The van der Waals surface area contributed by atoms with Gasteiger partial charge in [-0.2, -0.15) is 0 Å². The van der Waals surface area contributed by atoms with E-state index in [0.29, 0.717) is 12.1 Å². The Morgan fingerprint density at radius 2 is 2.22 bits per heavy atom. The van der Waals surface area contributed by atoms with E-state index in [0.717, 1.165) is 32.5 Å². The number of nitrogens with one attached hydrogen (secondary N) is 1. The first-order chi connectivity index (χ1) is 8.81. The summed E-state index contributed by atoms with van der Waals surface area (Å²) in [6.45, 7) is 5.51. The van der Waals surface area contributed by atoms with Crippen molar-refractivity contribution in [3.8, 4) is 0 Å². The standard InChI is InChI=1S/C14H23N3O/c1-12-2-6-16-10-14(5-9-18)17(12)11-13-3-7-15-8-4-13/h3-4,7-8,12,14,16,18H,2,5-6,9-11H2,1H3. The molecule has 0 spiro atoms. The number of rotatable bonds is 4. The van der Waals surface area contributed by atoms with Crippen molar-refractivity contribution < 1.29 is 5.11 Å². The zero-order valence-corrected chi connectivity index (χ0v) is 11.0. The minimum Gasteiger partial charge on any atom is -0.396 e. The van der Waals surface area contributed by atoms with Gasteiger partial charge >= 0.3 is 0 Å². The van der Waals surface area contributed by atoms with Gasteiger partial charge in [-0.25, -0.2) is 0 Å². The third-order valence-electron chi connectivity index (χ3n) is 3.73. The largest absolute Gasteiger partial charge is 0.396 e. The van der Waals surface area contributed by atoms with Gasteiger partial charge in [0.1, 0.15) is 0 Å². The maximum Gasteiger partial charge on any atom is 0.0446 e. The molecule has 2 rings (SSSR count). The lowest BCUT2D eigenvalue weighted by atomic mass is 10.1. The molecule has 0 aromatic carbocycles. The molecule has 0 radical (unpaired) electrons. The summed E-state index contributed by atoms with van der Waals surface area (Å²) in [6.07, 6.45) is 5.68. The number of aromatic nitrogens is 1. The average molecular weight is 249 g/mol. The molecule has 0 aliphatic carbocycles. The normalized spacial score (nSPS) is 25.9. The lowest BCUT2D eigenvalue weighted by Gasteiger charge is -2.34. The summed E-state index contributed by atoms with van der Waals surface area (Å²) in [5.41, 5.74) is 1.29. The van der Waals surface area contributed by atoms with E-state index in [2.05, 4.69) is 34.3 Å². The number of hydrogen-bond donors (Lipinski definition) is 2. The van der Waals surface area contributed by atoms with Crippen LogP contribution in [-0.2, 0) is 6.54 Å². The first kappa shape index (κ1) is 13.5. The quantitative estimate of drug-likeness (QED) is 0.836. The molecule has 0 saturated carbocycles. The van der Waals surface area contributed by atoms with E-state index in [4.69, 9.17) is 0 Å². The number of pyridine rings is 1. The van der Waals surface area contributed by atoms with Gasteiger partial charge in [0.15, 0.2) is 0 Å². The topological polar surface area (TPSA) is 48.4 Å². The van der Waals surface area contributed by atoms with E-state index in [1.807, 2.05) is 12.4 Å². The molecule has 1 aliphatic rings. The summed E-state index contributed by atoms with van der Waals surface area (Å²) in [6, 6.07) is 5.10. The molecule has 4 nitrogen and oxygen atoms in total. The first-order valence-electron chi connectivity index (χ1n) is 6.77. The Bertz CT molecular complexity index is 344. The van der Waals surface area contributed by atoms with Crippen molar-refractivity contribution >= 4 is 0 Å². The highest BCUT2D eigenvalue weighted by molar-refractivity contribution is 5.10. The van der Waals surface area contributed by atoms with E-state index >= 15 is 0 Å². The Hall–Kier alpha value is -0.970. The first-order valence-corrected chi connectivity index (χ1v) is 6.77. The highest BCUT2D eigenvalue weighted by Gasteiger charge is 2.25. The second-order valence-electron chi connectivity index (χ2n) is 5.04. The smallest absolute Gasteiger partial charge is 0.0446 e. The van der Waals surface area contributed by atoms with Crippen molar-refractivity contribution in [1.29, 1.82) is 0 Å². The van der Waals surface area contributed by atoms with E-state index in [1.165, 1.54) is 5.56 Å². The molecule has 0 bridgehead atoms. The van der Waals surface area contributed by atoms with Gasteiger partial charge in [-0.1, -0.05) is 0 Å². The molecule has 2 heterocycles. The summed E-state index contributed by atoms with van der Waals surface area (Å²) in [5, 5.41) is 12.7. The molecular formula is C14H23N3O. The highest BCUT2D eigenvalue weighted by atomic mass is 16.3. The molecule has 2 unspecified atom stereocenters. The van der Waals surface area contributed by atoms with Crippen molar-refractivity contribution in [1.82, 2.24) is 15.2 Å². The van der Waals surface area contributed by atoms with Gasteiger partial charge in [0, 0.05) is 44.2 Å². The summed E-state index contributed by atoms with van der Waals surface area (Å²) in [7, 11) is 0. The predicted molar refractivity (Wildman–Crippen MR) is 72.2 cm³/mol. The molecule has 1 aromatic heterocycles. The molecule has 0 amide bonds. The molecule has 1 fully saturated rings. The van der Waals surface area contributed by atoms with Gasteiger partial charge in [0.05, 0.1) is 0 Å². The molecule has 2 atom stereocenters. The molecule has 4 heteroatoms. The van der Waals surface area contributed by atoms with Gasteiger partial charge < -0.3 is 10.4 Å². The van der Waals surface area contributed by atoms with Crippen LogP contribution in [0.3, 0.4) is 0 Å². The summed E-state index contributed by atoms with van der Waals surface area (Å²) < 4.78 is 0. The minimum atomic E-state index is 0.256. The molecule has 1 aromatic rings. The zero-order chi connectivity index (χ0) is 12.8.